The Morgan fingerprint density at radius 3 is 2.19 bits per heavy atom. The molecule has 0 aliphatic carbocycles. The molecule has 0 saturated heterocycles. The summed E-state index contributed by atoms with van der Waals surface area (Å²) < 4.78 is 15.2. The SMILES string of the molecule is COC(=O)\C=C(OC)/C(C)=C(\C=C\c1ccccc1)OC. The zero-order valence-electron chi connectivity index (χ0n) is 12.8. The molecule has 21 heavy (non-hydrogen) atoms. The lowest BCUT2D eigenvalue weighted by atomic mass is 10.1. The first-order valence-electron chi connectivity index (χ1n) is 6.44. The van der Waals surface area contributed by atoms with Gasteiger partial charge in [0.1, 0.15) is 11.5 Å². The van der Waals surface area contributed by atoms with Crippen LogP contribution in [0, 0.1) is 0 Å². The van der Waals surface area contributed by atoms with E-state index in [0.29, 0.717) is 17.1 Å². The van der Waals surface area contributed by atoms with Gasteiger partial charge in [0.25, 0.3) is 0 Å². The number of hydrogen-bond acceptors (Lipinski definition) is 4. The second-order valence-corrected chi connectivity index (χ2v) is 4.17. The molecular formula is C17H20O4. The van der Waals surface area contributed by atoms with Crippen LogP contribution in [-0.4, -0.2) is 27.3 Å². The summed E-state index contributed by atoms with van der Waals surface area (Å²) >= 11 is 0. The summed E-state index contributed by atoms with van der Waals surface area (Å²) in [6.07, 6.45) is 5.03. The van der Waals surface area contributed by atoms with Gasteiger partial charge in [0.05, 0.1) is 27.4 Å². The fourth-order valence-electron chi connectivity index (χ4n) is 1.69. The Balaban J connectivity index is 3.06. The largest absolute Gasteiger partial charge is 0.496 e. The van der Waals surface area contributed by atoms with E-state index in [0.717, 1.165) is 5.56 Å². The Kier molecular flexibility index (Phi) is 6.81. The number of rotatable bonds is 6. The second kappa shape index (κ2) is 8.64. The molecule has 0 saturated carbocycles. The van der Waals surface area contributed by atoms with Gasteiger partial charge < -0.3 is 14.2 Å². The van der Waals surface area contributed by atoms with Crippen molar-refractivity contribution in [1.82, 2.24) is 0 Å². The van der Waals surface area contributed by atoms with E-state index in [9.17, 15) is 4.79 Å². The van der Waals surface area contributed by atoms with Crippen LogP contribution in [0.1, 0.15) is 12.5 Å². The van der Waals surface area contributed by atoms with Crippen molar-refractivity contribution in [3.63, 3.8) is 0 Å². The molecule has 0 fully saturated rings. The highest BCUT2D eigenvalue weighted by Gasteiger charge is 2.09. The Morgan fingerprint density at radius 1 is 1.00 bits per heavy atom. The topological polar surface area (TPSA) is 44.8 Å². The molecule has 0 heterocycles. The summed E-state index contributed by atoms with van der Waals surface area (Å²) in [4.78, 5) is 11.3. The first kappa shape index (κ1) is 16.6. The summed E-state index contributed by atoms with van der Waals surface area (Å²) in [5, 5.41) is 0. The lowest BCUT2D eigenvalue weighted by molar-refractivity contribution is -0.135. The van der Waals surface area contributed by atoms with E-state index in [1.807, 2.05) is 49.4 Å². The second-order valence-electron chi connectivity index (χ2n) is 4.17. The minimum atomic E-state index is -0.478. The van der Waals surface area contributed by atoms with Crippen molar-refractivity contribution in [3.8, 4) is 0 Å². The normalized spacial score (nSPS) is 12.9. The van der Waals surface area contributed by atoms with E-state index < -0.39 is 5.97 Å². The monoisotopic (exact) mass is 288 g/mol. The molecule has 0 aliphatic heterocycles. The molecule has 0 amide bonds. The van der Waals surface area contributed by atoms with Crippen LogP contribution >= 0.6 is 0 Å². The lowest BCUT2D eigenvalue weighted by Crippen LogP contribution is -2.01. The molecule has 0 unspecified atom stereocenters. The third-order valence-electron chi connectivity index (χ3n) is 2.86. The minimum absolute atomic E-state index is 0.399. The maximum Gasteiger partial charge on any atom is 0.334 e. The van der Waals surface area contributed by atoms with Crippen molar-refractivity contribution in [3.05, 3.63) is 65.1 Å². The number of esters is 1. The average molecular weight is 288 g/mol. The fraction of sp³-hybridized carbons (Fsp3) is 0.235. The Hall–Kier alpha value is -2.49. The van der Waals surface area contributed by atoms with Gasteiger partial charge in [-0.1, -0.05) is 36.4 Å². The molecule has 112 valence electrons. The Morgan fingerprint density at radius 2 is 1.67 bits per heavy atom. The predicted molar refractivity (Wildman–Crippen MR) is 82.3 cm³/mol. The smallest absolute Gasteiger partial charge is 0.334 e. The number of carbonyl (C=O) groups is 1. The van der Waals surface area contributed by atoms with Crippen LogP contribution in [0.3, 0.4) is 0 Å². The lowest BCUT2D eigenvalue weighted by Gasteiger charge is -2.10. The molecule has 1 aromatic rings. The van der Waals surface area contributed by atoms with Crippen LogP contribution in [0.25, 0.3) is 6.08 Å². The summed E-state index contributed by atoms with van der Waals surface area (Å²) in [5.41, 5.74) is 1.76. The van der Waals surface area contributed by atoms with Crippen LogP contribution in [-0.2, 0) is 19.0 Å². The molecule has 0 radical (unpaired) electrons. The number of methoxy groups -OCH3 is 3. The number of hydrogen-bond donors (Lipinski definition) is 0. The van der Waals surface area contributed by atoms with Crippen LogP contribution in [0.4, 0.5) is 0 Å². The van der Waals surface area contributed by atoms with Gasteiger partial charge in [0.2, 0.25) is 0 Å². The number of allylic oxidation sites excluding steroid dienone is 2. The zero-order chi connectivity index (χ0) is 15.7. The molecular weight excluding hydrogens is 268 g/mol. The highest BCUT2D eigenvalue weighted by molar-refractivity contribution is 5.83. The predicted octanol–water partition coefficient (Wildman–Crippen LogP) is 3.32. The highest BCUT2D eigenvalue weighted by Crippen LogP contribution is 2.18. The standard InChI is InChI=1S/C17H20O4/c1-13(16(20-3)12-17(18)21-4)15(19-2)11-10-14-8-6-5-7-9-14/h5-12H,1-4H3/b11-10+,15-13+,16-12+. The van der Waals surface area contributed by atoms with Crippen LogP contribution in [0.5, 0.6) is 0 Å². The van der Waals surface area contributed by atoms with Gasteiger partial charge in [-0.2, -0.15) is 0 Å². The Bertz CT molecular complexity index is 553. The first-order chi connectivity index (χ1) is 10.1. The summed E-state index contributed by atoms with van der Waals surface area (Å²) in [7, 11) is 4.38. The maximum atomic E-state index is 11.3. The maximum absolute atomic E-state index is 11.3. The van der Waals surface area contributed by atoms with Crippen LogP contribution < -0.4 is 0 Å². The van der Waals surface area contributed by atoms with Crippen molar-refractivity contribution in [1.29, 1.82) is 0 Å². The van der Waals surface area contributed by atoms with Gasteiger partial charge >= 0.3 is 5.97 Å². The molecule has 1 aromatic carbocycles. The quantitative estimate of drug-likeness (QED) is 0.348. The van der Waals surface area contributed by atoms with E-state index in [1.54, 1.807) is 7.11 Å². The summed E-state index contributed by atoms with van der Waals surface area (Å²) in [5.74, 6) is 0.529. The molecule has 4 heteroatoms. The van der Waals surface area contributed by atoms with Gasteiger partial charge in [0.15, 0.2) is 0 Å². The number of carbonyl (C=O) groups excluding carboxylic acids is 1. The molecule has 0 aliphatic rings. The van der Waals surface area contributed by atoms with Crippen molar-refractivity contribution >= 4 is 12.0 Å². The average Bonchev–Trinajstić information content (AvgIpc) is 2.53. The van der Waals surface area contributed by atoms with Gasteiger partial charge in [-0.25, -0.2) is 4.79 Å². The Labute approximate surface area is 125 Å². The van der Waals surface area contributed by atoms with Crippen molar-refractivity contribution in [2.24, 2.45) is 0 Å². The molecule has 0 bridgehead atoms. The molecule has 0 atom stereocenters. The minimum Gasteiger partial charge on any atom is -0.496 e. The summed E-state index contributed by atoms with van der Waals surface area (Å²) in [6.45, 7) is 1.81. The first-order valence-corrected chi connectivity index (χ1v) is 6.44. The molecule has 0 spiro atoms. The van der Waals surface area contributed by atoms with Gasteiger partial charge in [0, 0.05) is 5.57 Å². The van der Waals surface area contributed by atoms with Gasteiger partial charge in [-0.15, -0.1) is 0 Å². The zero-order valence-corrected chi connectivity index (χ0v) is 12.8. The van der Waals surface area contributed by atoms with Crippen LogP contribution in [0.2, 0.25) is 0 Å². The van der Waals surface area contributed by atoms with Crippen LogP contribution in [0.15, 0.2) is 59.6 Å². The van der Waals surface area contributed by atoms with E-state index >= 15 is 0 Å². The van der Waals surface area contributed by atoms with Crippen molar-refractivity contribution in [2.75, 3.05) is 21.3 Å². The summed E-state index contributed by atoms with van der Waals surface area (Å²) in [6, 6.07) is 9.85. The number of benzene rings is 1. The molecule has 0 N–H and O–H groups in total. The molecule has 0 aromatic heterocycles. The van der Waals surface area contributed by atoms with E-state index in [1.165, 1.54) is 20.3 Å². The van der Waals surface area contributed by atoms with E-state index in [-0.39, 0.29) is 0 Å². The fourth-order valence-corrected chi connectivity index (χ4v) is 1.69. The van der Waals surface area contributed by atoms with Gasteiger partial charge in [-0.3, -0.25) is 0 Å². The highest BCUT2D eigenvalue weighted by atomic mass is 16.5. The molecule has 4 nitrogen and oxygen atoms in total. The van der Waals surface area contributed by atoms with Crippen molar-refractivity contribution in [2.45, 2.75) is 6.92 Å². The van der Waals surface area contributed by atoms with Crippen molar-refractivity contribution < 1.29 is 19.0 Å². The number of ether oxygens (including phenoxy) is 3. The van der Waals surface area contributed by atoms with Gasteiger partial charge in [-0.05, 0) is 18.6 Å². The third-order valence-corrected chi connectivity index (χ3v) is 2.86. The third kappa shape index (κ3) is 5.18. The molecule has 1 rings (SSSR count). The van der Waals surface area contributed by atoms with E-state index in [2.05, 4.69) is 4.74 Å². The van der Waals surface area contributed by atoms with E-state index in [4.69, 9.17) is 9.47 Å².